The first-order chi connectivity index (χ1) is 14.7. The van der Waals surface area contributed by atoms with Gasteiger partial charge in [-0.15, -0.1) is 0 Å². The number of benzene rings is 2. The number of anilines is 2. The average molecular weight is 407 g/mol. The number of nitrogens with zero attached hydrogens (tertiary/aromatic N) is 1. The van der Waals surface area contributed by atoms with Gasteiger partial charge in [-0.2, -0.15) is 0 Å². The van der Waals surface area contributed by atoms with Gasteiger partial charge in [-0.25, -0.2) is 0 Å². The van der Waals surface area contributed by atoms with Crippen molar-refractivity contribution in [3.05, 3.63) is 48.0 Å². The fourth-order valence-electron chi connectivity index (χ4n) is 3.75. The molecule has 0 unspecified atom stereocenters. The van der Waals surface area contributed by atoms with Crippen LogP contribution in [0.5, 0.6) is 11.5 Å². The van der Waals surface area contributed by atoms with E-state index in [0.29, 0.717) is 41.0 Å². The molecule has 5 rings (SSSR count). The van der Waals surface area contributed by atoms with Gasteiger partial charge in [0.1, 0.15) is 0 Å². The zero-order valence-corrected chi connectivity index (χ0v) is 16.7. The van der Waals surface area contributed by atoms with Gasteiger partial charge in [-0.3, -0.25) is 14.5 Å². The predicted octanol–water partition coefficient (Wildman–Crippen LogP) is 3.48. The van der Waals surface area contributed by atoms with E-state index < -0.39 is 0 Å². The lowest BCUT2D eigenvalue weighted by Gasteiger charge is -2.21. The van der Waals surface area contributed by atoms with Gasteiger partial charge >= 0.3 is 0 Å². The second-order valence-corrected chi connectivity index (χ2v) is 8.22. The van der Waals surface area contributed by atoms with Crippen molar-refractivity contribution in [1.29, 1.82) is 0 Å². The Hall–Kier alpha value is -3.06. The highest BCUT2D eigenvalue weighted by Crippen LogP contribution is 2.35. The summed E-state index contributed by atoms with van der Waals surface area (Å²) in [5, 5.41) is 5.81. The van der Waals surface area contributed by atoms with Gasteiger partial charge in [0.05, 0.1) is 17.8 Å². The van der Waals surface area contributed by atoms with Crippen LogP contribution in [0.4, 0.5) is 11.4 Å². The molecule has 2 aromatic carbocycles. The van der Waals surface area contributed by atoms with E-state index in [1.54, 1.807) is 36.4 Å². The summed E-state index contributed by atoms with van der Waals surface area (Å²) in [6.07, 6.45) is 4.89. The summed E-state index contributed by atoms with van der Waals surface area (Å²) in [5.41, 5.74) is 1.54. The smallest absolute Gasteiger partial charge is 0.257 e. The third kappa shape index (κ3) is 4.41. The molecule has 7 nitrogen and oxygen atoms in total. The van der Waals surface area contributed by atoms with Crippen molar-refractivity contribution in [2.75, 3.05) is 30.5 Å². The lowest BCUT2D eigenvalue weighted by molar-refractivity contribution is -0.117. The zero-order valence-electron chi connectivity index (χ0n) is 16.7. The Kier molecular flexibility index (Phi) is 5.04. The van der Waals surface area contributed by atoms with Crippen LogP contribution >= 0.6 is 0 Å². The van der Waals surface area contributed by atoms with E-state index in [2.05, 4.69) is 15.5 Å². The molecule has 3 aliphatic rings. The molecular weight excluding hydrogens is 382 g/mol. The molecule has 30 heavy (non-hydrogen) atoms. The van der Waals surface area contributed by atoms with Gasteiger partial charge < -0.3 is 20.1 Å². The van der Waals surface area contributed by atoms with Crippen LogP contribution < -0.4 is 20.1 Å². The normalized spacial score (nSPS) is 17.1. The summed E-state index contributed by atoms with van der Waals surface area (Å²) >= 11 is 0. The van der Waals surface area contributed by atoms with Gasteiger partial charge in [0.25, 0.3) is 5.91 Å². The van der Waals surface area contributed by atoms with E-state index in [4.69, 9.17) is 9.47 Å². The Bertz CT molecular complexity index is 969. The lowest BCUT2D eigenvalue weighted by atomic mass is 10.1. The number of hydrogen-bond acceptors (Lipinski definition) is 5. The van der Waals surface area contributed by atoms with Crippen LogP contribution in [0.15, 0.2) is 42.5 Å². The molecule has 0 radical (unpaired) electrons. The second kappa shape index (κ2) is 7.99. The summed E-state index contributed by atoms with van der Waals surface area (Å²) in [7, 11) is 0. The van der Waals surface area contributed by atoms with E-state index in [-0.39, 0.29) is 18.6 Å². The Morgan fingerprint density at radius 3 is 2.57 bits per heavy atom. The number of carbonyl (C=O) groups is 2. The Morgan fingerprint density at radius 2 is 1.77 bits per heavy atom. The van der Waals surface area contributed by atoms with Crippen LogP contribution in [0, 0.1) is 5.92 Å². The number of para-hydroxylation sites is 1. The monoisotopic (exact) mass is 407 g/mol. The molecular formula is C23H25N3O4. The van der Waals surface area contributed by atoms with Crippen molar-refractivity contribution in [2.45, 2.75) is 31.7 Å². The van der Waals surface area contributed by atoms with Crippen LogP contribution in [0.2, 0.25) is 0 Å². The molecule has 0 bridgehead atoms. The van der Waals surface area contributed by atoms with E-state index in [9.17, 15) is 9.59 Å². The quantitative estimate of drug-likeness (QED) is 0.700. The molecule has 1 heterocycles. The number of amides is 2. The molecule has 2 aliphatic carbocycles. The lowest BCUT2D eigenvalue weighted by Crippen LogP contribution is -2.36. The third-order valence-corrected chi connectivity index (χ3v) is 5.68. The van der Waals surface area contributed by atoms with Gasteiger partial charge in [-0.1, -0.05) is 12.1 Å². The van der Waals surface area contributed by atoms with E-state index in [0.717, 1.165) is 12.5 Å². The fourth-order valence-corrected chi connectivity index (χ4v) is 3.75. The average Bonchev–Trinajstić information content (AvgIpc) is 3.66. The molecule has 1 aliphatic heterocycles. The van der Waals surface area contributed by atoms with Crippen LogP contribution in [-0.2, 0) is 4.79 Å². The van der Waals surface area contributed by atoms with Crippen molar-refractivity contribution in [3.63, 3.8) is 0 Å². The minimum atomic E-state index is -0.290. The van der Waals surface area contributed by atoms with Crippen LogP contribution in [0.25, 0.3) is 0 Å². The van der Waals surface area contributed by atoms with Crippen LogP contribution in [0.1, 0.15) is 36.0 Å². The molecule has 2 aromatic rings. The Labute approximate surface area is 175 Å². The maximum Gasteiger partial charge on any atom is 0.257 e. The maximum absolute atomic E-state index is 12.9. The number of ether oxygens (including phenoxy) is 2. The molecule has 2 amide bonds. The molecule has 7 heteroatoms. The first-order valence-corrected chi connectivity index (χ1v) is 10.5. The Balaban J connectivity index is 1.25. The fraction of sp³-hybridized carbons (Fsp3) is 0.391. The zero-order chi connectivity index (χ0) is 20.5. The molecule has 0 saturated heterocycles. The minimum Gasteiger partial charge on any atom is -0.454 e. The SMILES string of the molecule is O=C(CN(CC1CC1)C1CC1)Nc1ccccc1C(=O)Nc1ccc2c(c1)OCO2. The highest BCUT2D eigenvalue weighted by atomic mass is 16.7. The highest BCUT2D eigenvalue weighted by molar-refractivity contribution is 6.10. The third-order valence-electron chi connectivity index (χ3n) is 5.68. The van der Waals surface area contributed by atoms with Crippen LogP contribution in [-0.4, -0.2) is 42.6 Å². The number of carbonyl (C=O) groups excluding carboxylic acids is 2. The summed E-state index contributed by atoms with van der Waals surface area (Å²) in [6, 6.07) is 12.9. The van der Waals surface area contributed by atoms with Gasteiger partial charge in [-0.05, 0) is 55.9 Å². The number of hydrogen-bond donors (Lipinski definition) is 2. The van der Waals surface area contributed by atoms with Gasteiger partial charge in [0.15, 0.2) is 11.5 Å². The van der Waals surface area contributed by atoms with E-state index >= 15 is 0 Å². The molecule has 0 atom stereocenters. The van der Waals surface area contributed by atoms with Crippen molar-refractivity contribution < 1.29 is 19.1 Å². The summed E-state index contributed by atoms with van der Waals surface area (Å²) < 4.78 is 10.7. The first kappa shape index (κ1) is 18.9. The first-order valence-electron chi connectivity index (χ1n) is 10.5. The molecule has 2 fully saturated rings. The maximum atomic E-state index is 12.9. The summed E-state index contributed by atoms with van der Waals surface area (Å²) in [5.74, 6) is 1.64. The van der Waals surface area contributed by atoms with Gasteiger partial charge in [0.2, 0.25) is 12.7 Å². The molecule has 0 spiro atoms. The predicted molar refractivity (Wildman–Crippen MR) is 113 cm³/mol. The van der Waals surface area contributed by atoms with Crippen LogP contribution in [0.3, 0.4) is 0 Å². The van der Waals surface area contributed by atoms with E-state index in [1.807, 2.05) is 6.07 Å². The molecule has 2 saturated carbocycles. The topological polar surface area (TPSA) is 79.9 Å². The molecule has 156 valence electrons. The largest absolute Gasteiger partial charge is 0.454 e. The van der Waals surface area contributed by atoms with E-state index in [1.165, 1.54) is 25.7 Å². The van der Waals surface area contributed by atoms with Gasteiger partial charge in [0, 0.05) is 24.3 Å². The summed E-state index contributed by atoms with van der Waals surface area (Å²) in [6.45, 7) is 1.56. The molecule has 2 N–H and O–H groups in total. The second-order valence-electron chi connectivity index (χ2n) is 8.22. The highest BCUT2D eigenvalue weighted by Gasteiger charge is 2.34. The number of rotatable bonds is 8. The van der Waals surface area contributed by atoms with Crippen molar-refractivity contribution in [1.82, 2.24) is 4.90 Å². The number of nitrogens with one attached hydrogen (secondary N) is 2. The van der Waals surface area contributed by atoms with Crippen molar-refractivity contribution >= 4 is 23.2 Å². The van der Waals surface area contributed by atoms with Crippen molar-refractivity contribution in [3.8, 4) is 11.5 Å². The minimum absolute atomic E-state index is 0.0779. The van der Waals surface area contributed by atoms with Crippen molar-refractivity contribution in [2.24, 2.45) is 5.92 Å². The Morgan fingerprint density at radius 1 is 0.967 bits per heavy atom. The summed E-state index contributed by atoms with van der Waals surface area (Å²) in [4.78, 5) is 27.9. The number of fused-ring (bicyclic) bond motifs is 1. The standard InChI is InChI=1S/C23H25N3O4/c27-22(13-26(17-8-9-17)12-15-5-6-15)25-19-4-2-1-3-18(19)23(28)24-16-7-10-20-21(11-16)30-14-29-20/h1-4,7,10-11,15,17H,5-6,8-9,12-14H2,(H,24,28)(H,25,27). The molecule has 0 aromatic heterocycles.